The number of amides is 1. The van der Waals surface area contributed by atoms with Crippen molar-refractivity contribution in [2.45, 2.75) is 58.5 Å². The summed E-state index contributed by atoms with van der Waals surface area (Å²) in [6, 6.07) is 2.11. The van der Waals surface area contributed by atoms with Crippen LogP contribution in [0.5, 0.6) is 0 Å². The van der Waals surface area contributed by atoms with Gasteiger partial charge in [0.05, 0.1) is 11.7 Å². The molecule has 0 aromatic carbocycles. The molecule has 7 nitrogen and oxygen atoms in total. The quantitative estimate of drug-likeness (QED) is 0.879. The van der Waals surface area contributed by atoms with Crippen molar-refractivity contribution in [1.82, 2.24) is 30.4 Å². The first kappa shape index (κ1) is 18.5. The minimum atomic E-state index is -0.192. The Kier molecular flexibility index (Phi) is 5.09. The van der Waals surface area contributed by atoms with E-state index in [1.165, 1.54) is 6.42 Å². The predicted octanol–water partition coefficient (Wildman–Crippen LogP) is 2.50. The van der Waals surface area contributed by atoms with Gasteiger partial charge in [0.15, 0.2) is 0 Å². The van der Waals surface area contributed by atoms with Crippen molar-refractivity contribution in [2.24, 2.45) is 0 Å². The van der Waals surface area contributed by atoms with Crippen molar-refractivity contribution in [3.05, 3.63) is 40.7 Å². The normalized spacial score (nSPS) is 18.3. The smallest absolute Gasteiger partial charge is 0.272 e. The van der Waals surface area contributed by atoms with E-state index in [0.29, 0.717) is 18.3 Å². The summed E-state index contributed by atoms with van der Waals surface area (Å²) in [5.74, 6) is 0.570. The fourth-order valence-corrected chi connectivity index (χ4v) is 3.28. The first-order valence-corrected chi connectivity index (χ1v) is 9.12. The molecule has 140 valence electrons. The highest BCUT2D eigenvalue weighted by atomic mass is 16.1. The fourth-order valence-electron chi connectivity index (χ4n) is 3.28. The van der Waals surface area contributed by atoms with Crippen molar-refractivity contribution in [2.75, 3.05) is 13.6 Å². The Morgan fingerprint density at radius 3 is 2.81 bits per heavy atom. The lowest BCUT2D eigenvalue weighted by Gasteiger charge is -2.21. The largest absolute Gasteiger partial charge is 0.346 e. The fraction of sp³-hybridized carbons (Fsp3) is 0.579. The molecule has 1 atom stereocenters. The van der Waals surface area contributed by atoms with Gasteiger partial charge < -0.3 is 5.32 Å². The summed E-state index contributed by atoms with van der Waals surface area (Å²) in [6.07, 6.45) is 4.08. The van der Waals surface area contributed by atoms with Gasteiger partial charge in [-0.3, -0.25) is 14.8 Å². The monoisotopic (exact) mass is 356 g/mol. The zero-order valence-electron chi connectivity index (χ0n) is 16.3. The summed E-state index contributed by atoms with van der Waals surface area (Å²) >= 11 is 0. The molecule has 7 heteroatoms. The molecule has 1 aliphatic heterocycles. The molecule has 3 rings (SSSR count). The first-order valence-electron chi connectivity index (χ1n) is 9.12. The standard InChI is InChI=1S/C19H28N6O/c1-12-20-10-13(17(22-12)15-7-6-8-25(15)5)11-21-18(26)14-9-16(24-23-14)19(2,3)4/h9-10,15H,6-8,11H2,1-5H3,(H,21,26)(H,23,24). The summed E-state index contributed by atoms with van der Waals surface area (Å²) in [5.41, 5.74) is 3.26. The van der Waals surface area contributed by atoms with Gasteiger partial charge in [-0.1, -0.05) is 20.8 Å². The van der Waals surface area contributed by atoms with E-state index in [4.69, 9.17) is 0 Å². The zero-order chi connectivity index (χ0) is 18.9. The number of aryl methyl sites for hydroxylation is 1. The number of hydrogen-bond acceptors (Lipinski definition) is 5. The number of nitrogens with one attached hydrogen (secondary N) is 2. The lowest BCUT2D eigenvalue weighted by Crippen LogP contribution is -2.26. The van der Waals surface area contributed by atoms with Crippen LogP contribution in [0.1, 0.15) is 72.9 Å². The van der Waals surface area contributed by atoms with E-state index in [9.17, 15) is 4.79 Å². The lowest BCUT2D eigenvalue weighted by atomic mass is 9.92. The van der Waals surface area contributed by atoms with Gasteiger partial charge in [0.25, 0.3) is 5.91 Å². The molecular formula is C19H28N6O. The molecule has 3 heterocycles. The molecule has 26 heavy (non-hydrogen) atoms. The van der Waals surface area contributed by atoms with Crippen LogP contribution in [0.3, 0.4) is 0 Å². The maximum atomic E-state index is 12.5. The molecule has 0 saturated carbocycles. The van der Waals surface area contributed by atoms with Gasteiger partial charge in [-0.25, -0.2) is 9.97 Å². The molecule has 0 bridgehead atoms. The molecule has 2 N–H and O–H groups in total. The first-order chi connectivity index (χ1) is 12.3. The molecule has 0 radical (unpaired) electrons. The highest BCUT2D eigenvalue weighted by Crippen LogP contribution is 2.31. The van der Waals surface area contributed by atoms with Crippen LogP contribution in [0.4, 0.5) is 0 Å². The minimum absolute atomic E-state index is 0.0729. The van der Waals surface area contributed by atoms with Crippen LogP contribution in [0.25, 0.3) is 0 Å². The van der Waals surface area contributed by atoms with Crippen molar-refractivity contribution in [3.63, 3.8) is 0 Å². The van der Waals surface area contributed by atoms with Crippen molar-refractivity contribution >= 4 is 5.91 Å². The van der Waals surface area contributed by atoms with Crippen LogP contribution < -0.4 is 5.32 Å². The van der Waals surface area contributed by atoms with Gasteiger partial charge >= 0.3 is 0 Å². The third kappa shape index (κ3) is 3.93. The van der Waals surface area contributed by atoms with Gasteiger partial charge in [0.1, 0.15) is 11.5 Å². The van der Waals surface area contributed by atoms with E-state index in [-0.39, 0.29) is 11.3 Å². The van der Waals surface area contributed by atoms with Crippen LogP contribution in [0.15, 0.2) is 12.3 Å². The number of likely N-dealkylation sites (tertiary alicyclic amines) is 1. The van der Waals surface area contributed by atoms with Crippen LogP contribution in [-0.4, -0.2) is 44.6 Å². The average molecular weight is 356 g/mol. The number of hydrogen-bond donors (Lipinski definition) is 2. The summed E-state index contributed by atoms with van der Waals surface area (Å²) in [5, 5.41) is 10.1. The van der Waals surface area contributed by atoms with Gasteiger partial charge in [0, 0.05) is 29.4 Å². The molecule has 0 spiro atoms. The number of rotatable bonds is 4. The lowest BCUT2D eigenvalue weighted by molar-refractivity contribution is 0.0945. The molecule has 1 unspecified atom stereocenters. The Morgan fingerprint density at radius 2 is 2.19 bits per heavy atom. The Balaban J connectivity index is 1.73. The Hall–Kier alpha value is -2.28. The highest BCUT2D eigenvalue weighted by Gasteiger charge is 2.27. The Morgan fingerprint density at radius 1 is 1.42 bits per heavy atom. The number of aromatic nitrogens is 4. The van der Waals surface area contributed by atoms with Gasteiger partial charge in [-0.05, 0) is 39.4 Å². The van der Waals surface area contributed by atoms with Gasteiger partial charge in [0.2, 0.25) is 0 Å². The van der Waals surface area contributed by atoms with E-state index in [1.807, 2.05) is 19.2 Å². The van der Waals surface area contributed by atoms with Crippen molar-refractivity contribution in [1.29, 1.82) is 0 Å². The SMILES string of the molecule is Cc1ncc(CNC(=O)c2cc(C(C)(C)C)[nH]n2)c(C2CCCN2C)n1. The third-order valence-corrected chi connectivity index (χ3v) is 4.91. The summed E-state index contributed by atoms with van der Waals surface area (Å²) in [6.45, 7) is 9.61. The van der Waals surface area contributed by atoms with Gasteiger partial charge in [-0.2, -0.15) is 5.10 Å². The molecule has 1 saturated heterocycles. The highest BCUT2D eigenvalue weighted by molar-refractivity contribution is 5.92. The second-order valence-electron chi connectivity index (χ2n) is 8.07. The molecule has 0 aliphatic carbocycles. The molecular weight excluding hydrogens is 328 g/mol. The Labute approximate surface area is 154 Å². The van der Waals surface area contributed by atoms with Crippen LogP contribution in [-0.2, 0) is 12.0 Å². The van der Waals surface area contributed by atoms with E-state index in [0.717, 1.165) is 35.7 Å². The number of carbonyl (C=O) groups excluding carboxylic acids is 1. The number of H-pyrrole nitrogens is 1. The summed E-state index contributed by atoms with van der Waals surface area (Å²) < 4.78 is 0. The van der Waals surface area contributed by atoms with Crippen LogP contribution >= 0.6 is 0 Å². The summed E-state index contributed by atoms with van der Waals surface area (Å²) in [4.78, 5) is 23.8. The van der Waals surface area contributed by atoms with Crippen LogP contribution in [0, 0.1) is 6.92 Å². The van der Waals surface area contributed by atoms with Crippen molar-refractivity contribution in [3.8, 4) is 0 Å². The zero-order valence-corrected chi connectivity index (χ0v) is 16.3. The molecule has 2 aromatic rings. The Bertz CT molecular complexity index is 792. The molecule has 1 aliphatic rings. The second kappa shape index (κ2) is 7.15. The maximum absolute atomic E-state index is 12.5. The minimum Gasteiger partial charge on any atom is -0.346 e. The van der Waals surface area contributed by atoms with E-state index < -0.39 is 0 Å². The van der Waals surface area contributed by atoms with E-state index >= 15 is 0 Å². The molecule has 1 amide bonds. The van der Waals surface area contributed by atoms with E-state index in [1.54, 1.807) is 0 Å². The third-order valence-electron chi connectivity index (χ3n) is 4.91. The van der Waals surface area contributed by atoms with Crippen molar-refractivity contribution < 1.29 is 4.79 Å². The number of carbonyl (C=O) groups is 1. The average Bonchev–Trinajstić information content (AvgIpc) is 3.22. The van der Waals surface area contributed by atoms with Gasteiger partial charge in [-0.15, -0.1) is 0 Å². The maximum Gasteiger partial charge on any atom is 0.272 e. The van der Waals surface area contributed by atoms with Crippen LogP contribution in [0.2, 0.25) is 0 Å². The number of aromatic amines is 1. The summed E-state index contributed by atoms with van der Waals surface area (Å²) in [7, 11) is 2.12. The van der Waals surface area contributed by atoms with E-state index in [2.05, 4.69) is 58.2 Å². The predicted molar refractivity (Wildman–Crippen MR) is 99.8 cm³/mol. The topological polar surface area (TPSA) is 86.8 Å². The second-order valence-corrected chi connectivity index (χ2v) is 8.07. The number of nitrogens with zero attached hydrogens (tertiary/aromatic N) is 4. The molecule has 2 aromatic heterocycles. The molecule has 1 fully saturated rings.